The molecule has 0 atom stereocenters. The van der Waals surface area contributed by atoms with E-state index in [2.05, 4.69) is 11.9 Å². The lowest BCUT2D eigenvalue weighted by atomic mass is 10.0. The van der Waals surface area contributed by atoms with E-state index >= 15 is 0 Å². The lowest BCUT2D eigenvalue weighted by Gasteiger charge is -2.15. The predicted molar refractivity (Wildman–Crippen MR) is 76.0 cm³/mol. The molecule has 0 aliphatic carbocycles. The van der Waals surface area contributed by atoms with Gasteiger partial charge in [-0.3, -0.25) is 4.79 Å². The van der Waals surface area contributed by atoms with Crippen LogP contribution in [0, 0.1) is 0 Å². The van der Waals surface area contributed by atoms with Crippen molar-refractivity contribution in [2.75, 3.05) is 14.2 Å². The van der Waals surface area contributed by atoms with E-state index in [-0.39, 0.29) is 11.9 Å². The first-order valence-electron chi connectivity index (χ1n) is 6.20. The molecular formula is C15H21NO3. The molecule has 0 saturated heterocycles. The van der Waals surface area contributed by atoms with Gasteiger partial charge in [-0.2, -0.15) is 0 Å². The molecule has 0 unspecified atom stereocenters. The van der Waals surface area contributed by atoms with Gasteiger partial charge in [0.15, 0.2) is 11.5 Å². The van der Waals surface area contributed by atoms with Crippen molar-refractivity contribution in [1.82, 2.24) is 5.32 Å². The Balaban J connectivity index is 3.23. The molecule has 0 bridgehead atoms. The van der Waals surface area contributed by atoms with Crippen LogP contribution in [0.5, 0.6) is 11.5 Å². The molecule has 0 heterocycles. The summed E-state index contributed by atoms with van der Waals surface area (Å²) in [6.45, 7) is 7.55. The fraction of sp³-hybridized carbons (Fsp3) is 0.400. The molecule has 1 aromatic carbocycles. The highest BCUT2D eigenvalue weighted by atomic mass is 16.5. The number of hydrogen-bond donors (Lipinski definition) is 1. The van der Waals surface area contributed by atoms with Gasteiger partial charge in [-0.05, 0) is 32.4 Å². The monoisotopic (exact) mass is 263 g/mol. The van der Waals surface area contributed by atoms with Crippen molar-refractivity contribution >= 4 is 5.91 Å². The summed E-state index contributed by atoms with van der Waals surface area (Å²) in [5.41, 5.74) is 1.44. The molecule has 4 nitrogen and oxygen atoms in total. The van der Waals surface area contributed by atoms with E-state index < -0.39 is 0 Å². The van der Waals surface area contributed by atoms with E-state index in [1.54, 1.807) is 32.4 Å². The number of allylic oxidation sites excluding steroid dienone is 1. The number of carbonyl (C=O) groups excluding carboxylic acids is 1. The minimum atomic E-state index is -0.124. The molecular weight excluding hydrogens is 242 g/mol. The van der Waals surface area contributed by atoms with Crippen molar-refractivity contribution in [3.8, 4) is 11.5 Å². The van der Waals surface area contributed by atoms with Gasteiger partial charge < -0.3 is 14.8 Å². The van der Waals surface area contributed by atoms with Crippen LogP contribution in [0.3, 0.4) is 0 Å². The van der Waals surface area contributed by atoms with Gasteiger partial charge in [0.25, 0.3) is 5.91 Å². The number of hydrogen-bond acceptors (Lipinski definition) is 3. The normalized spacial score (nSPS) is 10.2. The highest BCUT2D eigenvalue weighted by Crippen LogP contribution is 2.33. The van der Waals surface area contributed by atoms with E-state index in [1.807, 2.05) is 13.8 Å². The molecule has 0 spiro atoms. The first kappa shape index (κ1) is 15.1. The van der Waals surface area contributed by atoms with E-state index in [9.17, 15) is 4.79 Å². The van der Waals surface area contributed by atoms with Crippen LogP contribution in [0.25, 0.3) is 0 Å². The van der Waals surface area contributed by atoms with Crippen molar-refractivity contribution in [2.45, 2.75) is 26.3 Å². The zero-order valence-corrected chi connectivity index (χ0v) is 11.9. The molecule has 0 aliphatic rings. The fourth-order valence-corrected chi connectivity index (χ4v) is 1.83. The van der Waals surface area contributed by atoms with Crippen molar-refractivity contribution in [2.24, 2.45) is 0 Å². The summed E-state index contributed by atoms with van der Waals surface area (Å²) in [4.78, 5) is 12.0. The second kappa shape index (κ2) is 6.83. The Morgan fingerprint density at radius 1 is 1.37 bits per heavy atom. The smallest absolute Gasteiger partial charge is 0.251 e. The van der Waals surface area contributed by atoms with Gasteiger partial charge in [0.1, 0.15) is 0 Å². The van der Waals surface area contributed by atoms with E-state index in [1.165, 1.54) is 0 Å². The van der Waals surface area contributed by atoms with Gasteiger partial charge in [0, 0.05) is 17.2 Å². The molecule has 0 fully saturated rings. The molecule has 4 heteroatoms. The van der Waals surface area contributed by atoms with Gasteiger partial charge in [0.05, 0.1) is 14.2 Å². The van der Waals surface area contributed by atoms with E-state index in [4.69, 9.17) is 9.47 Å². The number of carbonyl (C=O) groups is 1. The van der Waals surface area contributed by atoms with Crippen LogP contribution in [-0.2, 0) is 6.42 Å². The summed E-state index contributed by atoms with van der Waals surface area (Å²) in [6.07, 6.45) is 2.38. The minimum absolute atomic E-state index is 0.0865. The van der Waals surface area contributed by atoms with Crippen LogP contribution < -0.4 is 14.8 Å². The largest absolute Gasteiger partial charge is 0.493 e. The second-order valence-electron chi connectivity index (χ2n) is 4.49. The minimum Gasteiger partial charge on any atom is -0.493 e. The van der Waals surface area contributed by atoms with Crippen LogP contribution in [0.1, 0.15) is 29.8 Å². The van der Waals surface area contributed by atoms with Gasteiger partial charge >= 0.3 is 0 Å². The zero-order chi connectivity index (χ0) is 14.4. The fourth-order valence-electron chi connectivity index (χ4n) is 1.83. The molecule has 0 aromatic heterocycles. The van der Waals surface area contributed by atoms with Crippen molar-refractivity contribution in [3.05, 3.63) is 35.9 Å². The van der Waals surface area contributed by atoms with E-state index in [0.717, 1.165) is 5.56 Å². The Hall–Kier alpha value is -1.97. The summed E-state index contributed by atoms with van der Waals surface area (Å²) in [5.74, 6) is 1.07. The van der Waals surface area contributed by atoms with Crippen LogP contribution in [0.4, 0.5) is 0 Å². The Bertz CT molecular complexity index is 467. The average Bonchev–Trinajstić information content (AvgIpc) is 2.37. The third kappa shape index (κ3) is 3.74. The number of ether oxygens (including phenoxy) is 2. The van der Waals surface area contributed by atoms with Crippen LogP contribution in [-0.4, -0.2) is 26.2 Å². The zero-order valence-electron chi connectivity index (χ0n) is 11.9. The van der Waals surface area contributed by atoms with Crippen molar-refractivity contribution in [3.63, 3.8) is 0 Å². The number of benzene rings is 1. The first-order valence-corrected chi connectivity index (χ1v) is 6.20. The predicted octanol–water partition coefficient (Wildman–Crippen LogP) is 2.57. The summed E-state index contributed by atoms with van der Waals surface area (Å²) in [7, 11) is 3.14. The quantitative estimate of drug-likeness (QED) is 0.802. The standard InChI is InChI=1S/C15H21NO3/c1-6-7-11-8-12(15(17)16-10(2)3)9-13(18-4)14(11)19-5/h6,8-10H,1,7H2,2-5H3,(H,16,17). The number of methoxy groups -OCH3 is 2. The maximum atomic E-state index is 12.0. The van der Waals surface area contributed by atoms with Gasteiger partial charge in [0.2, 0.25) is 0 Å². The molecule has 1 rings (SSSR count). The molecule has 1 amide bonds. The second-order valence-corrected chi connectivity index (χ2v) is 4.49. The molecule has 104 valence electrons. The Labute approximate surface area is 114 Å². The number of rotatable bonds is 6. The van der Waals surface area contributed by atoms with Crippen LogP contribution >= 0.6 is 0 Å². The highest BCUT2D eigenvalue weighted by molar-refractivity contribution is 5.95. The molecule has 1 N–H and O–H groups in total. The highest BCUT2D eigenvalue weighted by Gasteiger charge is 2.15. The maximum absolute atomic E-state index is 12.0. The Morgan fingerprint density at radius 3 is 2.53 bits per heavy atom. The molecule has 0 aliphatic heterocycles. The average molecular weight is 263 g/mol. The van der Waals surface area contributed by atoms with Gasteiger partial charge in [-0.25, -0.2) is 0 Å². The summed E-state index contributed by atoms with van der Waals surface area (Å²) >= 11 is 0. The number of nitrogens with one attached hydrogen (secondary N) is 1. The Kier molecular flexibility index (Phi) is 5.42. The molecule has 0 saturated carbocycles. The van der Waals surface area contributed by atoms with Gasteiger partial charge in [-0.15, -0.1) is 6.58 Å². The summed E-state index contributed by atoms with van der Waals surface area (Å²) < 4.78 is 10.6. The topological polar surface area (TPSA) is 47.6 Å². The third-order valence-electron chi connectivity index (χ3n) is 2.60. The van der Waals surface area contributed by atoms with Gasteiger partial charge in [-0.1, -0.05) is 6.08 Å². The first-order chi connectivity index (χ1) is 9.03. The molecule has 19 heavy (non-hydrogen) atoms. The number of amides is 1. The lowest BCUT2D eigenvalue weighted by molar-refractivity contribution is 0.0942. The molecule has 0 radical (unpaired) electrons. The van der Waals surface area contributed by atoms with Crippen LogP contribution in [0.2, 0.25) is 0 Å². The lowest BCUT2D eigenvalue weighted by Crippen LogP contribution is -2.30. The van der Waals surface area contributed by atoms with E-state index in [0.29, 0.717) is 23.5 Å². The third-order valence-corrected chi connectivity index (χ3v) is 2.60. The Morgan fingerprint density at radius 2 is 2.05 bits per heavy atom. The van der Waals surface area contributed by atoms with Crippen molar-refractivity contribution in [1.29, 1.82) is 0 Å². The SMILES string of the molecule is C=CCc1cc(C(=O)NC(C)C)cc(OC)c1OC. The van der Waals surface area contributed by atoms with Crippen molar-refractivity contribution < 1.29 is 14.3 Å². The summed E-state index contributed by atoms with van der Waals surface area (Å²) in [5, 5.41) is 2.86. The molecule has 1 aromatic rings. The maximum Gasteiger partial charge on any atom is 0.251 e. The van der Waals surface area contributed by atoms with Crippen LogP contribution in [0.15, 0.2) is 24.8 Å². The summed E-state index contributed by atoms with van der Waals surface area (Å²) in [6, 6.07) is 3.58.